The van der Waals surface area contributed by atoms with Crippen molar-refractivity contribution in [1.29, 1.82) is 0 Å². The van der Waals surface area contributed by atoms with E-state index in [1.165, 1.54) is 5.56 Å². The van der Waals surface area contributed by atoms with E-state index in [9.17, 15) is 5.11 Å². The number of para-hydroxylation sites is 2. The predicted octanol–water partition coefficient (Wildman–Crippen LogP) is 13.7. The van der Waals surface area contributed by atoms with Gasteiger partial charge >= 0.3 is 0 Å². The van der Waals surface area contributed by atoms with Crippen molar-refractivity contribution >= 4 is 11.0 Å². The van der Waals surface area contributed by atoms with Crippen LogP contribution < -0.4 is 0 Å². The van der Waals surface area contributed by atoms with E-state index in [1.807, 2.05) is 60.7 Å². The smallest absolute Gasteiger partial charge is 0.149 e. The highest BCUT2D eigenvalue weighted by Crippen LogP contribution is 2.41. The van der Waals surface area contributed by atoms with Crippen molar-refractivity contribution in [3.63, 3.8) is 0 Å². The molecule has 0 fully saturated rings. The number of aryl methyl sites for hydroxylation is 1. The first kappa shape index (κ1) is 32.2. The van der Waals surface area contributed by atoms with E-state index < -0.39 is 6.85 Å². The Hall–Kier alpha value is -7.04. The van der Waals surface area contributed by atoms with Crippen molar-refractivity contribution in [3.05, 3.63) is 193 Å². The van der Waals surface area contributed by atoms with Gasteiger partial charge in [-0.1, -0.05) is 142 Å². The van der Waals surface area contributed by atoms with Crippen molar-refractivity contribution in [2.45, 2.75) is 33.0 Å². The summed E-state index contributed by atoms with van der Waals surface area (Å²) >= 11 is 0. The number of aromatic hydroxyl groups is 1. The van der Waals surface area contributed by atoms with Crippen LogP contribution in [0.5, 0.6) is 5.75 Å². The second-order valence-electron chi connectivity index (χ2n) is 15.5. The van der Waals surface area contributed by atoms with Crippen LogP contribution in [-0.4, -0.2) is 19.6 Å². The molecule has 0 amide bonds. The molecular formula is C53H43N3O. The van der Waals surface area contributed by atoms with Gasteiger partial charge in [0.05, 0.1) is 22.3 Å². The first-order valence-corrected chi connectivity index (χ1v) is 19.2. The number of hydrogen-bond acceptors (Lipinski definition) is 3. The minimum Gasteiger partial charge on any atom is -0.507 e. The molecule has 2 aromatic heterocycles. The molecule has 0 aliphatic rings. The number of benzene rings is 7. The molecule has 57 heavy (non-hydrogen) atoms. The minimum absolute atomic E-state index is 0.142. The van der Waals surface area contributed by atoms with Crippen molar-refractivity contribution in [3.8, 4) is 78.6 Å². The van der Waals surface area contributed by atoms with E-state index in [0.29, 0.717) is 17.0 Å². The van der Waals surface area contributed by atoms with Gasteiger partial charge in [0.1, 0.15) is 11.6 Å². The molecule has 0 aliphatic carbocycles. The van der Waals surface area contributed by atoms with E-state index in [4.69, 9.17) is 14.1 Å². The highest BCUT2D eigenvalue weighted by Gasteiger charge is 2.23. The summed E-state index contributed by atoms with van der Waals surface area (Å²) in [4.78, 5) is 10.3. The molecule has 9 rings (SSSR count). The lowest BCUT2D eigenvalue weighted by Gasteiger charge is -2.22. The first-order chi connectivity index (χ1) is 28.9. The fourth-order valence-corrected chi connectivity index (χ4v) is 7.57. The monoisotopic (exact) mass is 740 g/mol. The van der Waals surface area contributed by atoms with Gasteiger partial charge in [-0.3, -0.25) is 9.55 Å². The number of nitrogens with zero attached hydrogens (tertiary/aromatic N) is 3. The summed E-state index contributed by atoms with van der Waals surface area (Å²) in [5.74, 6) is 0.789. The molecule has 0 saturated carbocycles. The SMILES string of the molecule is [2H]C([2H])([2H])c1ccc(-c2ccnc(-c3cc(-c4ccccc4)cc(-c4cccc5c4nc(-c4ccccc4O)n5-c4cc(-c5ccccc5)cc(C(C)(C)C)c4)c3)c2)cc1. The molecule has 4 nitrogen and oxygen atoms in total. The normalized spacial score (nSPS) is 12.6. The van der Waals surface area contributed by atoms with Gasteiger partial charge in [-0.05, 0) is 117 Å². The summed E-state index contributed by atoms with van der Waals surface area (Å²) in [5.41, 5.74) is 14.4. The Labute approximate surface area is 338 Å². The molecule has 0 aliphatic heterocycles. The molecule has 0 unspecified atom stereocenters. The number of pyridine rings is 1. The van der Waals surface area contributed by atoms with Crippen LogP contribution in [0.1, 0.15) is 36.0 Å². The summed E-state index contributed by atoms with van der Waals surface area (Å²) < 4.78 is 25.6. The average molecular weight is 741 g/mol. The van der Waals surface area contributed by atoms with E-state index in [2.05, 4.69) is 122 Å². The predicted molar refractivity (Wildman–Crippen MR) is 237 cm³/mol. The molecule has 7 aromatic carbocycles. The van der Waals surface area contributed by atoms with Gasteiger partial charge in [-0.2, -0.15) is 0 Å². The molecule has 4 heteroatoms. The Morgan fingerprint density at radius 2 is 1.16 bits per heavy atom. The fraction of sp³-hybridized carbons (Fsp3) is 0.0943. The second-order valence-corrected chi connectivity index (χ2v) is 15.5. The Kier molecular flexibility index (Phi) is 8.23. The third kappa shape index (κ3) is 7.03. The first-order valence-electron chi connectivity index (χ1n) is 20.7. The molecule has 9 aromatic rings. The van der Waals surface area contributed by atoms with Crippen LogP contribution in [0, 0.1) is 6.85 Å². The molecule has 0 spiro atoms. The summed E-state index contributed by atoms with van der Waals surface area (Å²) in [5, 5.41) is 11.4. The molecule has 0 bridgehead atoms. The van der Waals surface area contributed by atoms with Crippen molar-refractivity contribution < 1.29 is 9.22 Å². The van der Waals surface area contributed by atoms with Gasteiger partial charge in [0.2, 0.25) is 0 Å². The molecule has 276 valence electrons. The molecule has 0 saturated heterocycles. The molecule has 1 N–H and O–H groups in total. The van der Waals surface area contributed by atoms with Crippen LogP contribution in [0.4, 0.5) is 0 Å². The lowest BCUT2D eigenvalue weighted by Crippen LogP contribution is -2.12. The zero-order valence-corrected chi connectivity index (χ0v) is 32.1. The Balaban J connectivity index is 1.27. The van der Waals surface area contributed by atoms with Gasteiger partial charge in [0.25, 0.3) is 0 Å². The number of fused-ring (bicyclic) bond motifs is 1. The van der Waals surface area contributed by atoms with Crippen molar-refractivity contribution in [2.24, 2.45) is 0 Å². The van der Waals surface area contributed by atoms with Crippen LogP contribution in [0.25, 0.3) is 83.9 Å². The summed E-state index contributed by atoms with van der Waals surface area (Å²) in [6.45, 7) is 4.52. The minimum atomic E-state index is -2.17. The van der Waals surface area contributed by atoms with Gasteiger partial charge < -0.3 is 5.11 Å². The number of imidazole rings is 1. The summed E-state index contributed by atoms with van der Waals surface area (Å²) in [6, 6.07) is 58.7. The maximum absolute atomic E-state index is 11.4. The Morgan fingerprint density at radius 1 is 0.526 bits per heavy atom. The maximum atomic E-state index is 11.4. The Bertz CT molecular complexity index is 3000. The van der Waals surface area contributed by atoms with Gasteiger partial charge in [0.15, 0.2) is 0 Å². The van der Waals surface area contributed by atoms with Crippen LogP contribution >= 0.6 is 0 Å². The number of rotatable bonds is 7. The lowest BCUT2D eigenvalue weighted by molar-refractivity contribution is 0.477. The highest BCUT2D eigenvalue weighted by atomic mass is 16.3. The number of hydrogen-bond donors (Lipinski definition) is 1. The Morgan fingerprint density at radius 3 is 1.86 bits per heavy atom. The average Bonchev–Trinajstić information content (AvgIpc) is 3.66. The van der Waals surface area contributed by atoms with E-state index in [0.717, 1.165) is 72.5 Å². The molecule has 2 heterocycles. The van der Waals surface area contributed by atoms with E-state index in [1.54, 1.807) is 24.4 Å². The second kappa shape index (κ2) is 14.6. The topological polar surface area (TPSA) is 50.9 Å². The molecule has 0 radical (unpaired) electrons. The van der Waals surface area contributed by atoms with Crippen LogP contribution in [0.2, 0.25) is 0 Å². The number of aromatic nitrogens is 3. The lowest BCUT2D eigenvalue weighted by atomic mass is 9.85. The van der Waals surface area contributed by atoms with Gasteiger partial charge in [-0.15, -0.1) is 0 Å². The van der Waals surface area contributed by atoms with Crippen LogP contribution in [-0.2, 0) is 5.41 Å². The molecule has 0 atom stereocenters. The summed E-state index contributed by atoms with van der Waals surface area (Å²) in [6.07, 6.45) is 1.80. The highest BCUT2D eigenvalue weighted by molar-refractivity contribution is 5.98. The van der Waals surface area contributed by atoms with E-state index in [-0.39, 0.29) is 11.2 Å². The fourth-order valence-electron chi connectivity index (χ4n) is 7.57. The van der Waals surface area contributed by atoms with E-state index >= 15 is 0 Å². The largest absolute Gasteiger partial charge is 0.507 e. The van der Waals surface area contributed by atoms with Crippen molar-refractivity contribution in [2.75, 3.05) is 0 Å². The number of phenols is 1. The van der Waals surface area contributed by atoms with Gasteiger partial charge in [-0.25, -0.2) is 4.98 Å². The van der Waals surface area contributed by atoms with Crippen LogP contribution in [0.15, 0.2) is 182 Å². The third-order valence-corrected chi connectivity index (χ3v) is 10.6. The standard InChI is InChI=1S/C53H43N3O/c1-35-22-24-38(25-23-35)39-26-27-54-48(33-39)43-29-40(36-14-7-5-8-15-36)28-42(30-43)46-19-13-20-49-51(46)55-52(47-18-11-12-21-50(47)57)56(49)45-32-41(37-16-9-6-10-17-37)31-44(34-45)53(2,3)4/h5-34,57H,1-4H3/i1D3. The quantitative estimate of drug-likeness (QED) is 0.177. The van der Waals surface area contributed by atoms with Crippen molar-refractivity contribution in [1.82, 2.24) is 14.5 Å². The molecular weight excluding hydrogens is 695 g/mol. The zero-order chi connectivity index (χ0) is 41.6. The van der Waals surface area contributed by atoms with Gasteiger partial charge in [0, 0.05) is 27.1 Å². The third-order valence-electron chi connectivity index (χ3n) is 10.6. The maximum Gasteiger partial charge on any atom is 0.149 e. The van der Waals surface area contributed by atoms with Crippen LogP contribution in [0.3, 0.4) is 0 Å². The number of phenolic OH excluding ortho intramolecular Hbond substituents is 1. The zero-order valence-electron chi connectivity index (χ0n) is 35.1. The summed E-state index contributed by atoms with van der Waals surface area (Å²) in [7, 11) is 0.